The van der Waals surface area contributed by atoms with Crippen LogP contribution >= 0.6 is 12.2 Å². The predicted octanol–water partition coefficient (Wildman–Crippen LogP) is 3.02. The zero-order valence-corrected chi connectivity index (χ0v) is 9.47. The largest absolute Gasteiger partial charge is 0.361 e. The summed E-state index contributed by atoms with van der Waals surface area (Å²) in [5.74, 6) is 0. The van der Waals surface area contributed by atoms with E-state index >= 15 is 0 Å². The third-order valence-corrected chi connectivity index (χ3v) is 2.63. The highest BCUT2D eigenvalue weighted by Gasteiger charge is 2.04. The summed E-state index contributed by atoms with van der Waals surface area (Å²) in [6.07, 6.45) is 0. The third kappa shape index (κ3) is 2.96. The summed E-state index contributed by atoms with van der Waals surface area (Å²) in [4.78, 5) is 2.86. The fourth-order valence-corrected chi connectivity index (χ4v) is 1.32. The quantitative estimate of drug-likeness (QED) is 0.551. The first-order chi connectivity index (χ1) is 6.61. The van der Waals surface area contributed by atoms with Crippen LogP contribution in [0.1, 0.15) is 12.5 Å². The van der Waals surface area contributed by atoms with E-state index < -0.39 is 0 Å². The Morgan fingerprint density at radius 2 is 1.93 bits per heavy atom. The Morgan fingerprint density at radius 1 is 1.36 bits per heavy atom. The Kier molecular flexibility index (Phi) is 3.84. The minimum Gasteiger partial charge on any atom is -0.361 e. The summed E-state index contributed by atoms with van der Waals surface area (Å²) in [5.41, 5.74) is 2.21. The van der Waals surface area contributed by atoms with Gasteiger partial charge < -0.3 is 4.90 Å². The Bertz CT molecular complexity index is 329. The number of benzene rings is 1. The zero-order chi connectivity index (χ0) is 10.6. The number of hydrogen-bond donors (Lipinski definition) is 0. The summed E-state index contributed by atoms with van der Waals surface area (Å²) in [7, 11) is 1.99. The number of rotatable bonds is 3. The highest BCUT2D eigenvalue weighted by atomic mass is 32.1. The molecule has 0 fully saturated rings. The van der Waals surface area contributed by atoms with E-state index in [2.05, 4.69) is 18.7 Å². The standard InChI is InChI=1S/C12H15NS/c1-10(2)12(14)13(3)9-11-7-5-4-6-8-11/h4-8H,1,9H2,2-3H3. The number of hydrogen-bond acceptors (Lipinski definition) is 1. The molecule has 0 amide bonds. The first-order valence-electron chi connectivity index (χ1n) is 4.56. The molecule has 0 heterocycles. The van der Waals surface area contributed by atoms with Gasteiger partial charge in [-0.2, -0.15) is 0 Å². The maximum Gasteiger partial charge on any atom is 0.104 e. The zero-order valence-electron chi connectivity index (χ0n) is 8.66. The van der Waals surface area contributed by atoms with Gasteiger partial charge in [0.2, 0.25) is 0 Å². The van der Waals surface area contributed by atoms with Gasteiger partial charge in [-0.3, -0.25) is 0 Å². The molecular weight excluding hydrogens is 190 g/mol. The van der Waals surface area contributed by atoms with E-state index in [0.717, 1.165) is 17.1 Å². The van der Waals surface area contributed by atoms with Crippen LogP contribution in [0.25, 0.3) is 0 Å². The van der Waals surface area contributed by atoms with Gasteiger partial charge in [-0.1, -0.05) is 49.1 Å². The van der Waals surface area contributed by atoms with E-state index in [1.807, 2.05) is 37.1 Å². The van der Waals surface area contributed by atoms with Crippen LogP contribution in [0.5, 0.6) is 0 Å². The van der Waals surface area contributed by atoms with Gasteiger partial charge in [0, 0.05) is 13.6 Å². The smallest absolute Gasteiger partial charge is 0.104 e. The van der Waals surface area contributed by atoms with Crippen molar-refractivity contribution in [3.05, 3.63) is 48.0 Å². The van der Waals surface area contributed by atoms with E-state index in [4.69, 9.17) is 12.2 Å². The molecule has 1 aromatic rings. The van der Waals surface area contributed by atoms with Gasteiger partial charge in [0.05, 0.1) is 0 Å². The van der Waals surface area contributed by atoms with E-state index in [1.54, 1.807) is 0 Å². The van der Waals surface area contributed by atoms with Crippen LogP contribution < -0.4 is 0 Å². The average Bonchev–Trinajstić information content (AvgIpc) is 2.18. The summed E-state index contributed by atoms with van der Waals surface area (Å²) in [6, 6.07) is 10.3. The highest BCUT2D eigenvalue weighted by molar-refractivity contribution is 7.80. The summed E-state index contributed by atoms with van der Waals surface area (Å²) in [6.45, 7) is 6.61. The molecule has 0 aliphatic heterocycles. The molecule has 14 heavy (non-hydrogen) atoms. The maximum atomic E-state index is 5.23. The molecular formula is C12H15NS. The molecule has 1 nitrogen and oxygen atoms in total. The third-order valence-electron chi connectivity index (χ3n) is 1.97. The summed E-state index contributed by atoms with van der Waals surface area (Å²) in [5, 5.41) is 0. The molecule has 0 unspecified atom stereocenters. The Hall–Kier alpha value is -1.15. The van der Waals surface area contributed by atoms with Crippen LogP contribution in [0.3, 0.4) is 0 Å². The van der Waals surface area contributed by atoms with E-state index in [-0.39, 0.29) is 0 Å². The van der Waals surface area contributed by atoms with Crippen LogP contribution in [-0.2, 0) is 6.54 Å². The molecule has 1 aromatic carbocycles. The lowest BCUT2D eigenvalue weighted by Gasteiger charge is -2.19. The van der Waals surface area contributed by atoms with Crippen LogP contribution in [0.2, 0.25) is 0 Å². The van der Waals surface area contributed by atoms with Crippen molar-refractivity contribution in [1.82, 2.24) is 4.90 Å². The van der Waals surface area contributed by atoms with Crippen molar-refractivity contribution in [2.45, 2.75) is 13.5 Å². The van der Waals surface area contributed by atoms with Gasteiger partial charge in [0.1, 0.15) is 4.99 Å². The van der Waals surface area contributed by atoms with Gasteiger partial charge >= 0.3 is 0 Å². The van der Waals surface area contributed by atoms with Crippen molar-refractivity contribution in [3.63, 3.8) is 0 Å². The summed E-state index contributed by atoms with van der Waals surface area (Å²) >= 11 is 5.23. The molecule has 0 atom stereocenters. The highest BCUT2D eigenvalue weighted by Crippen LogP contribution is 2.06. The first kappa shape index (κ1) is 10.9. The van der Waals surface area contributed by atoms with Crippen LogP contribution in [0, 0.1) is 0 Å². The second kappa shape index (κ2) is 4.91. The second-order valence-corrected chi connectivity index (χ2v) is 3.81. The molecule has 0 aromatic heterocycles. The molecule has 2 heteroatoms. The Labute approximate surface area is 91.1 Å². The van der Waals surface area contributed by atoms with Gasteiger partial charge in [-0.05, 0) is 18.1 Å². The molecule has 0 saturated heterocycles. The van der Waals surface area contributed by atoms with Crippen LogP contribution in [-0.4, -0.2) is 16.9 Å². The van der Waals surface area contributed by atoms with Crippen LogP contribution in [0.4, 0.5) is 0 Å². The van der Waals surface area contributed by atoms with Crippen molar-refractivity contribution in [2.75, 3.05) is 7.05 Å². The normalized spacial score (nSPS) is 9.57. The van der Waals surface area contributed by atoms with Crippen molar-refractivity contribution in [3.8, 4) is 0 Å². The monoisotopic (exact) mass is 205 g/mol. The van der Waals surface area contributed by atoms with Crippen molar-refractivity contribution in [2.24, 2.45) is 0 Å². The molecule has 1 rings (SSSR count). The van der Waals surface area contributed by atoms with Crippen molar-refractivity contribution in [1.29, 1.82) is 0 Å². The van der Waals surface area contributed by atoms with E-state index in [9.17, 15) is 0 Å². The maximum absolute atomic E-state index is 5.23. The second-order valence-electron chi connectivity index (χ2n) is 3.43. The molecule has 0 N–H and O–H groups in total. The van der Waals surface area contributed by atoms with E-state index in [0.29, 0.717) is 0 Å². The minimum absolute atomic E-state index is 0.828. The molecule has 0 radical (unpaired) electrons. The topological polar surface area (TPSA) is 3.24 Å². The van der Waals surface area contributed by atoms with Crippen molar-refractivity contribution < 1.29 is 0 Å². The van der Waals surface area contributed by atoms with E-state index in [1.165, 1.54) is 5.56 Å². The molecule has 0 bridgehead atoms. The Morgan fingerprint density at radius 3 is 2.43 bits per heavy atom. The first-order valence-corrected chi connectivity index (χ1v) is 4.97. The SMILES string of the molecule is C=C(C)C(=S)N(C)Cc1ccccc1. The van der Waals surface area contributed by atoms with Gasteiger partial charge in [-0.15, -0.1) is 0 Å². The summed E-state index contributed by atoms with van der Waals surface area (Å²) < 4.78 is 0. The minimum atomic E-state index is 0.828. The molecule has 0 spiro atoms. The van der Waals surface area contributed by atoms with Crippen molar-refractivity contribution >= 4 is 17.2 Å². The Balaban J connectivity index is 2.62. The molecule has 74 valence electrons. The molecule has 0 aliphatic carbocycles. The van der Waals surface area contributed by atoms with Crippen LogP contribution in [0.15, 0.2) is 42.5 Å². The molecule has 0 saturated carbocycles. The average molecular weight is 205 g/mol. The predicted molar refractivity (Wildman–Crippen MR) is 65.3 cm³/mol. The number of thiocarbonyl (C=S) groups is 1. The lowest BCUT2D eigenvalue weighted by molar-refractivity contribution is 0.510. The van der Waals surface area contributed by atoms with Gasteiger partial charge in [0.25, 0.3) is 0 Å². The lowest BCUT2D eigenvalue weighted by Crippen LogP contribution is -2.24. The lowest BCUT2D eigenvalue weighted by atomic mass is 10.2. The molecule has 0 aliphatic rings. The van der Waals surface area contributed by atoms with Gasteiger partial charge in [-0.25, -0.2) is 0 Å². The fourth-order valence-electron chi connectivity index (χ4n) is 1.25. The fraction of sp³-hybridized carbons (Fsp3) is 0.250. The number of nitrogens with zero attached hydrogens (tertiary/aromatic N) is 1. The van der Waals surface area contributed by atoms with Gasteiger partial charge in [0.15, 0.2) is 0 Å². The number of likely N-dealkylation sites (N-methyl/N-ethyl adjacent to an activating group) is 1.